The molecule has 4 unspecified atom stereocenters. The van der Waals surface area contributed by atoms with Crippen molar-refractivity contribution in [1.82, 2.24) is 0 Å². The van der Waals surface area contributed by atoms with E-state index in [1.165, 1.54) is 0 Å². The minimum Gasteiger partial charge on any atom is -0.377 e. The SMILES string of the molecule is CC(CC1COCCOCCOCCO1)C(CCCCS)CC1COCCOCCOCCO1. The highest BCUT2D eigenvalue weighted by atomic mass is 32.1. The molecule has 0 saturated carbocycles. The fourth-order valence-electron chi connectivity index (χ4n) is 4.32. The number of ether oxygens (including phenoxy) is 8. The number of hydrogen-bond donors (Lipinski definition) is 1. The second-order valence-corrected chi connectivity index (χ2v) is 9.46. The molecular weight excluding hydrogens is 460 g/mol. The van der Waals surface area contributed by atoms with Crippen molar-refractivity contribution in [2.24, 2.45) is 11.8 Å². The maximum atomic E-state index is 6.19. The van der Waals surface area contributed by atoms with Crippen molar-refractivity contribution in [2.45, 2.75) is 51.2 Å². The molecule has 34 heavy (non-hydrogen) atoms. The van der Waals surface area contributed by atoms with E-state index in [1.807, 2.05) is 0 Å². The molecule has 0 aliphatic carbocycles. The lowest BCUT2D eigenvalue weighted by molar-refractivity contribution is -0.0828. The number of thiol groups is 1. The Balaban J connectivity index is 1.91. The molecular formula is C25H48O8S. The Morgan fingerprint density at radius 2 is 1.03 bits per heavy atom. The molecule has 9 heteroatoms. The van der Waals surface area contributed by atoms with Crippen LogP contribution in [-0.2, 0) is 37.9 Å². The second kappa shape index (κ2) is 21.1. The van der Waals surface area contributed by atoms with Gasteiger partial charge in [-0.3, -0.25) is 0 Å². The summed E-state index contributed by atoms with van der Waals surface area (Å²) in [5, 5.41) is 0. The van der Waals surface area contributed by atoms with Gasteiger partial charge in [-0.15, -0.1) is 0 Å². The van der Waals surface area contributed by atoms with Crippen LogP contribution in [0.2, 0.25) is 0 Å². The van der Waals surface area contributed by atoms with E-state index in [0.717, 1.165) is 37.9 Å². The summed E-state index contributed by atoms with van der Waals surface area (Å²) in [6.07, 6.45) is 5.42. The maximum absolute atomic E-state index is 6.19. The van der Waals surface area contributed by atoms with Crippen LogP contribution in [0.1, 0.15) is 39.0 Å². The summed E-state index contributed by atoms with van der Waals surface area (Å²) in [6, 6.07) is 0. The van der Waals surface area contributed by atoms with E-state index in [9.17, 15) is 0 Å². The molecule has 0 spiro atoms. The van der Waals surface area contributed by atoms with Crippen LogP contribution in [0.3, 0.4) is 0 Å². The third-order valence-electron chi connectivity index (χ3n) is 6.25. The third-order valence-corrected chi connectivity index (χ3v) is 6.56. The van der Waals surface area contributed by atoms with Crippen molar-refractivity contribution in [3.05, 3.63) is 0 Å². The van der Waals surface area contributed by atoms with Crippen molar-refractivity contribution >= 4 is 12.6 Å². The summed E-state index contributed by atoms with van der Waals surface area (Å²) in [4.78, 5) is 0. The van der Waals surface area contributed by atoms with E-state index in [2.05, 4.69) is 19.6 Å². The first-order chi connectivity index (χ1) is 16.8. The molecule has 202 valence electrons. The first-order valence-electron chi connectivity index (χ1n) is 13.1. The quantitative estimate of drug-likeness (QED) is 0.376. The standard InChI is InChI=1S/C25H48O8S/c1-22(18-24-20-30-11-9-26-5-7-28-13-15-32-24)23(4-2-3-17-34)19-25-21-31-12-10-27-6-8-29-14-16-33-25/h22-25,34H,2-21H2,1H3. The lowest BCUT2D eigenvalue weighted by atomic mass is 9.82. The van der Waals surface area contributed by atoms with Gasteiger partial charge in [-0.05, 0) is 36.9 Å². The molecule has 4 atom stereocenters. The highest BCUT2D eigenvalue weighted by molar-refractivity contribution is 7.80. The summed E-state index contributed by atoms with van der Waals surface area (Å²) in [5.74, 6) is 1.88. The Bertz CT molecular complexity index is 435. The minimum absolute atomic E-state index is 0.0458. The topological polar surface area (TPSA) is 73.8 Å². The lowest BCUT2D eigenvalue weighted by Crippen LogP contribution is -2.32. The fourth-order valence-corrected chi connectivity index (χ4v) is 4.55. The van der Waals surface area contributed by atoms with E-state index in [-0.39, 0.29) is 12.2 Å². The highest BCUT2D eigenvalue weighted by Crippen LogP contribution is 2.29. The zero-order valence-corrected chi connectivity index (χ0v) is 22.1. The first kappa shape index (κ1) is 30.3. The molecule has 2 fully saturated rings. The van der Waals surface area contributed by atoms with Crippen LogP contribution in [0, 0.1) is 11.8 Å². The van der Waals surface area contributed by atoms with Crippen molar-refractivity contribution in [3.8, 4) is 0 Å². The third kappa shape index (κ3) is 15.2. The van der Waals surface area contributed by atoms with Crippen LogP contribution < -0.4 is 0 Å². The Kier molecular flexibility index (Phi) is 18.8. The summed E-state index contributed by atoms with van der Waals surface area (Å²) >= 11 is 4.41. The van der Waals surface area contributed by atoms with Gasteiger partial charge in [-0.1, -0.05) is 19.8 Å². The van der Waals surface area contributed by atoms with Gasteiger partial charge in [0, 0.05) is 0 Å². The zero-order valence-electron chi connectivity index (χ0n) is 21.2. The van der Waals surface area contributed by atoms with Crippen molar-refractivity contribution in [3.63, 3.8) is 0 Å². The van der Waals surface area contributed by atoms with Gasteiger partial charge >= 0.3 is 0 Å². The summed E-state index contributed by atoms with van der Waals surface area (Å²) in [7, 11) is 0. The van der Waals surface area contributed by atoms with Gasteiger partial charge in [0.1, 0.15) is 0 Å². The van der Waals surface area contributed by atoms with E-state index in [1.54, 1.807) is 0 Å². The normalized spacial score (nSPS) is 27.4. The van der Waals surface area contributed by atoms with Crippen molar-refractivity contribution < 1.29 is 37.9 Å². The van der Waals surface area contributed by atoms with Gasteiger partial charge in [0.15, 0.2) is 0 Å². The average Bonchev–Trinajstić information content (AvgIpc) is 2.81. The molecule has 0 aromatic carbocycles. The van der Waals surface area contributed by atoms with E-state index < -0.39 is 0 Å². The first-order valence-corrected chi connectivity index (χ1v) is 13.7. The molecule has 0 amide bonds. The predicted octanol–water partition coefficient (Wildman–Crippen LogP) is 3.02. The monoisotopic (exact) mass is 508 g/mol. The molecule has 8 nitrogen and oxygen atoms in total. The van der Waals surface area contributed by atoms with E-state index >= 15 is 0 Å². The molecule has 0 N–H and O–H groups in total. The smallest absolute Gasteiger partial charge is 0.0812 e. The summed E-state index contributed by atoms with van der Waals surface area (Å²) < 4.78 is 46.3. The van der Waals surface area contributed by atoms with Crippen LogP contribution >= 0.6 is 12.6 Å². The Morgan fingerprint density at radius 3 is 1.53 bits per heavy atom. The van der Waals surface area contributed by atoms with Gasteiger partial charge in [-0.25, -0.2) is 0 Å². The molecule has 0 aromatic heterocycles. The van der Waals surface area contributed by atoms with Crippen LogP contribution in [0.4, 0.5) is 0 Å². The van der Waals surface area contributed by atoms with E-state index in [4.69, 9.17) is 37.9 Å². The Labute approximate surface area is 212 Å². The van der Waals surface area contributed by atoms with Crippen LogP contribution in [-0.4, -0.2) is 110 Å². The van der Waals surface area contributed by atoms with Crippen LogP contribution in [0.5, 0.6) is 0 Å². The average molecular weight is 509 g/mol. The number of rotatable bonds is 9. The maximum Gasteiger partial charge on any atom is 0.0812 e. The lowest BCUT2D eigenvalue weighted by Gasteiger charge is -2.31. The van der Waals surface area contributed by atoms with Crippen LogP contribution in [0.15, 0.2) is 0 Å². The molecule has 0 radical (unpaired) electrons. The minimum atomic E-state index is 0.0458. The van der Waals surface area contributed by atoms with Crippen LogP contribution in [0.25, 0.3) is 0 Å². The molecule has 2 heterocycles. The largest absolute Gasteiger partial charge is 0.377 e. The molecule has 2 aliphatic heterocycles. The van der Waals surface area contributed by atoms with E-state index in [0.29, 0.717) is 104 Å². The number of unbranched alkanes of at least 4 members (excludes halogenated alkanes) is 1. The Hall–Kier alpha value is 0.0300. The van der Waals surface area contributed by atoms with Gasteiger partial charge in [-0.2, -0.15) is 12.6 Å². The van der Waals surface area contributed by atoms with Gasteiger partial charge in [0.25, 0.3) is 0 Å². The summed E-state index contributed by atoms with van der Waals surface area (Å²) in [6.45, 7) is 10.5. The molecule has 2 rings (SSSR count). The van der Waals surface area contributed by atoms with Crippen molar-refractivity contribution in [2.75, 3.05) is 98.2 Å². The Morgan fingerprint density at radius 1 is 0.588 bits per heavy atom. The molecule has 2 aliphatic rings. The van der Waals surface area contributed by atoms with Gasteiger partial charge in [0.05, 0.1) is 105 Å². The van der Waals surface area contributed by atoms with Gasteiger partial charge < -0.3 is 37.9 Å². The van der Waals surface area contributed by atoms with Gasteiger partial charge in [0.2, 0.25) is 0 Å². The molecule has 2 saturated heterocycles. The molecule has 0 aromatic rings. The zero-order chi connectivity index (χ0) is 24.1. The van der Waals surface area contributed by atoms with Crippen molar-refractivity contribution in [1.29, 1.82) is 0 Å². The highest BCUT2D eigenvalue weighted by Gasteiger charge is 2.26. The second-order valence-electron chi connectivity index (χ2n) is 9.01. The fraction of sp³-hybridized carbons (Fsp3) is 1.00. The number of hydrogen-bond acceptors (Lipinski definition) is 9. The summed E-state index contributed by atoms with van der Waals surface area (Å²) in [5.41, 5.74) is 0. The predicted molar refractivity (Wildman–Crippen MR) is 134 cm³/mol. The molecule has 0 bridgehead atoms.